The van der Waals surface area contributed by atoms with Crippen molar-refractivity contribution in [2.45, 2.75) is 38.1 Å². The minimum absolute atomic E-state index is 0.120. The maximum absolute atomic E-state index is 13.3. The van der Waals surface area contributed by atoms with Crippen LogP contribution >= 0.6 is 0 Å². The van der Waals surface area contributed by atoms with E-state index in [2.05, 4.69) is 0 Å². The van der Waals surface area contributed by atoms with Crippen LogP contribution in [0.4, 0.5) is 17.6 Å². The lowest BCUT2D eigenvalue weighted by Gasteiger charge is -2.27. The Hall–Kier alpha value is -3.62. The maximum atomic E-state index is 13.3. The van der Waals surface area contributed by atoms with Gasteiger partial charge in [0.25, 0.3) is 5.91 Å². The summed E-state index contributed by atoms with van der Waals surface area (Å²) in [4.78, 5) is 29.2. The molecule has 1 saturated carbocycles. The van der Waals surface area contributed by atoms with Crippen LogP contribution in [0.25, 0.3) is 0 Å². The van der Waals surface area contributed by atoms with Gasteiger partial charge in [-0.05, 0) is 60.9 Å². The highest BCUT2D eigenvalue weighted by atomic mass is 19.4. The van der Waals surface area contributed by atoms with Gasteiger partial charge in [-0.25, -0.2) is 4.39 Å². The quantitative estimate of drug-likeness (QED) is 0.418. The zero-order valence-electron chi connectivity index (χ0n) is 18.1. The van der Waals surface area contributed by atoms with Gasteiger partial charge in [0.15, 0.2) is 0 Å². The van der Waals surface area contributed by atoms with E-state index in [1.165, 1.54) is 40.3 Å². The smallest absolute Gasteiger partial charge is 0.416 e. The lowest BCUT2D eigenvalue weighted by atomic mass is 10.1. The van der Waals surface area contributed by atoms with E-state index in [0.29, 0.717) is 24.2 Å². The highest BCUT2D eigenvalue weighted by Gasteiger charge is 2.37. The molecule has 1 aromatic heterocycles. The number of amides is 2. The van der Waals surface area contributed by atoms with Crippen molar-refractivity contribution < 1.29 is 31.6 Å². The molecule has 0 atom stereocenters. The van der Waals surface area contributed by atoms with Gasteiger partial charge in [0.2, 0.25) is 5.91 Å². The molecule has 5 nitrogen and oxygen atoms in total. The number of rotatable bonds is 8. The maximum Gasteiger partial charge on any atom is 0.416 e. The summed E-state index contributed by atoms with van der Waals surface area (Å²) in [7, 11) is 0. The summed E-state index contributed by atoms with van der Waals surface area (Å²) >= 11 is 0. The van der Waals surface area contributed by atoms with Crippen molar-refractivity contribution >= 4 is 11.8 Å². The van der Waals surface area contributed by atoms with E-state index in [9.17, 15) is 27.2 Å². The lowest BCUT2D eigenvalue weighted by molar-refractivity contribution is -0.137. The molecule has 2 amide bonds. The fourth-order valence-corrected chi connectivity index (χ4v) is 3.63. The summed E-state index contributed by atoms with van der Waals surface area (Å²) in [6.45, 7) is -0.0167. The van der Waals surface area contributed by atoms with E-state index in [4.69, 9.17) is 4.42 Å². The van der Waals surface area contributed by atoms with Crippen molar-refractivity contribution in [3.8, 4) is 0 Å². The topological polar surface area (TPSA) is 53.8 Å². The van der Waals surface area contributed by atoms with E-state index in [1.807, 2.05) is 0 Å². The molecule has 1 fully saturated rings. The molecular weight excluding hydrogens is 452 g/mol. The van der Waals surface area contributed by atoms with Crippen molar-refractivity contribution in [1.29, 1.82) is 0 Å². The number of halogens is 4. The number of nitrogens with zero attached hydrogens (tertiary/aromatic N) is 2. The average molecular weight is 474 g/mol. The number of hydrogen-bond acceptors (Lipinski definition) is 3. The number of benzene rings is 2. The highest BCUT2D eigenvalue weighted by Crippen LogP contribution is 2.32. The Bertz CT molecular complexity index is 1140. The van der Waals surface area contributed by atoms with Crippen LogP contribution in [0.2, 0.25) is 0 Å². The summed E-state index contributed by atoms with van der Waals surface area (Å²) in [5, 5.41) is 0. The Morgan fingerprint density at radius 3 is 2.32 bits per heavy atom. The van der Waals surface area contributed by atoms with Crippen LogP contribution < -0.4 is 0 Å². The first-order chi connectivity index (χ1) is 16.2. The number of carbonyl (C=O) groups excluding carboxylic acids is 2. The third kappa shape index (κ3) is 5.84. The Morgan fingerprint density at radius 1 is 0.971 bits per heavy atom. The highest BCUT2D eigenvalue weighted by molar-refractivity contribution is 5.97. The summed E-state index contributed by atoms with van der Waals surface area (Å²) in [6.07, 6.45) is -1.75. The molecular formula is C25H22F4N2O3. The molecule has 0 unspecified atom stereocenters. The fraction of sp³-hybridized carbons (Fsp3) is 0.280. The monoisotopic (exact) mass is 474 g/mol. The normalized spacial score (nSPS) is 13.5. The second kappa shape index (κ2) is 9.70. The SMILES string of the molecule is O=C(CN(C(=O)c1cccc(C(F)(F)F)c1)C1CC1)N(Cc1ccc(F)cc1)Cc1ccco1. The van der Waals surface area contributed by atoms with Crippen LogP contribution in [0.3, 0.4) is 0 Å². The first-order valence-corrected chi connectivity index (χ1v) is 10.7. The van der Waals surface area contributed by atoms with Crippen LogP contribution in [-0.2, 0) is 24.1 Å². The number of carbonyl (C=O) groups is 2. The lowest BCUT2D eigenvalue weighted by Crippen LogP contribution is -2.43. The van der Waals surface area contributed by atoms with E-state index >= 15 is 0 Å². The number of alkyl halides is 3. The van der Waals surface area contributed by atoms with Gasteiger partial charge in [-0.15, -0.1) is 0 Å². The minimum Gasteiger partial charge on any atom is -0.467 e. The minimum atomic E-state index is -4.58. The van der Waals surface area contributed by atoms with E-state index < -0.39 is 29.4 Å². The average Bonchev–Trinajstić information content (AvgIpc) is 3.52. The first-order valence-electron chi connectivity index (χ1n) is 10.7. The summed E-state index contributed by atoms with van der Waals surface area (Å²) < 4.78 is 58.0. The third-order valence-corrected chi connectivity index (χ3v) is 5.56. The second-order valence-corrected chi connectivity index (χ2v) is 8.20. The van der Waals surface area contributed by atoms with Gasteiger partial charge in [0.1, 0.15) is 18.1 Å². The molecule has 9 heteroatoms. The molecule has 0 radical (unpaired) electrons. The Balaban J connectivity index is 1.54. The second-order valence-electron chi connectivity index (χ2n) is 8.20. The molecule has 2 aromatic carbocycles. The molecule has 0 bridgehead atoms. The van der Waals surface area contributed by atoms with Crippen molar-refractivity contribution in [2.24, 2.45) is 0 Å². The van der Waals surface area contributed by atoms with Crippen LogP contribution in [0, 0.1) is 5.82 Å². The van der Waals surface area contributed by atoms with E-state index in [0.717, 1.165) is 12.1 Å². The standard InChI is InChI=1S/C25H22F4N2O3/c26-20-8-6-17(7-9-20)14-30(15-22-5-2-12-34-22)23(32)16-31(21-10-11-21)24(33)18-3-1-4-19(13-18)25(27,28)29/h1-9,12-13,21H,10-11,14-16H2. The van der Waals surface area contributed by atoms with Crippen LogP contribution in [-0.4, -0.2) is 34.2 Å². The molecule has 0 N–H and O–H groups in total. The Kier molecular flexibility index (Phi) is 6.72. The zero-order valence-corrected chi connectivity index (χ0v) is 18.1. The van der Waals surface area contributed by atoms with Gasteiger partial charge in [-0.3, -0.25) is 9.59 Å². The van der Waals surface area contributed by atoms with Crippen molar-refractivity contribution in [3.05, 3.63) is 95.2 Å². The van der Waals surface area contributed by atoms with Gasteiger partial charge in [0, 0.05) is 18.2 Å². The van der Waals surface area contributed by atoms with Gasteiger partial charge in [-0.1, -0.05) is 18.2 Å². The molecule has 178 valence electrons. The summed E-state index contributed by atoms with van der Waals surface area (Å²) in [6, 6.07) is 13.1. The van der Waals surface area contributed by atoms with Crippen molar-refractivity contribution in [2.75, 3.05) is 6.54 Å². The van der Waals surface area contributed by atoms with Gasteiger partial charge in [0.05, 0.1) is 18.4 Å². The molecule has 34 heavy (non-hydrogen) atoms. The number of furan rings is 1. The fourth-order valence-electron chi connectivity index (χ4n) is 3.63. The third-order valence-electron chi connectivity index (χ3n) is 5.56. The molecule has 0 aliphatic heterocycles. The van der Waals surface area contributed by atoms with Gasteiger partial charge in [-0.2, -0.15) is 13.2 Å². The molecule has 1 aliphatic carbocycles. The molecule has 4 rings (SSSR count). The predicted molar refractivity (Wildman–Crippen MR) is 115 cm³/mol. The zero-order chi connectivity index (χ0) is 24.3. The van der Waals surface area contributed by atoms with Crippen LogP contribution in [0.5, 0.6) is 0 Å². The first kappa shape index (κ1) is 23.5. The molecule has 3 aromatic rings. The molecule has 1 aliphatic rings. The van der Waals surface area contributed by atoms with Crippen molar-refractivity contribution in [3.63, 3.8) is 0 Å². The van der Waals surface area contributed by atoms with Crippen LogP contribution in [0.15, 0.2) is 71.3 Å². The Morgan fingerprint density at radius 2 is 1.71 bits per heavy atom. The van der Waals surface area contributed by atoms with Gasteiger partial charge >= 0.3 is 6.18 Å². The van der Waals surface area contributed by atoms with E-state index in [-0.39, 0.29) is 31.2 Å². The predicted octanol–water partition coefficient (Wildman–Crippen LogP) is 5.27. The largest absolute Gasteiger partial charge is 0.467 e. The Labute approximate surface area is 193 Å². The number of hydrogen-bond donors (Lipinski definition) is 0. The molecule has 0 spiro atoms. The summed E-state index contributed by atoms with van der Waals surface area (Å²) in [5.41, 5.74) is -0.356. The van der Waals surface area contributed by atoms with Crippen molar-refractivity contribution in [1.82, 2.24) is 9.80 Å². The molecule has 0 saturated heterocycles. The van der Waals surface area contributed by atoms with Crippen LogP contribution in [0.1, 0.15) is 40.1 Å². The summed E-state index contributed by atoms with van der Waals surface area (Å²) in [5.74, 6) is -0.897. The van der Waals surface area contributed by atoms with E-state index in [1.54, 1.807) is 24.3 Å². The van der Waals surface area contributed by atoms with Gasteiger partial charge < -0.3 is 14.2 Å². The molecule has 1 heterocycles.